The summed E-state index contributed by atoms with van der Waals surface area (Å²) in [6, 6.07) is 5.37. The molecule has 1 aromatic carbocycles. The molecule has 2 aromatic heterocycles. The number of pyridine rings is 1. The lowest BCUT2D eigenvalue weighted by molar-refractivity contribution is -0.124. The van der Waals surface area contributed by atoms with Crippen molar-refractivity contribution in [3.8, 4) is 11.5 Å². The number of carbonyl (C=O) groups is 2. The molecule has 2 amide bonds. The normalized spacial score (nSPS) is 15.5. The Morgan fingerprint density at radius 2 is 1.87 bits per heavy atom. The SMILES string of the molecule is CC(C)(C)OC(=O)N[C@@H](Cc1ccc(Oc2ccnc3c2c(Br)cn3COCCS(C)(C)C)c(F)c1)C(=O)NC1CCCCC1. The Labute approximate surface area is 275 Å². The molecule has 248 valence electrons. The number of nitrogens with one attached hydrogen (secondary N) is 2. The van der Waals surface area contributed by atoms with Gasteiger partial charge in [0.25, 0.3) is 0 Å². The molecular weight excluding hydrogens is 663 g/mol. The summed E-state index contributed by atoms with van der Waals surface area (Å²) in [5, 5.41) is 6.45. The van der Waals surface area contributed by atoms with E-state index in [9.17, 15) is 9.59 Å². The molecule has 12 heteroatoms. The summed E-state index contributed by atoms with van der Waals surface area (Å²) < 4.78 is 35.5. The summed E-state index contributed by atoms with van der Waals surface area (Å²) in [5.74, 6) is 0.565. The van der Waals surface area contributed by atoms with Gasteiger partial charge in [-0.3, -0.25) is 4.79 Å². The summed E-state index contributed by atoms with van der Waals surface area (Å²) in [6.45, 7) is 6.25. The van der Waals surface area contributed by atoms with Crippen LogP contribution < -0.4 is 15.4 Å². The number of hydrogen-bond donors (Lipinski definition) is 2. The standard InChI is InChI=1S/C33H46BrFN4O5S/c1-33(2,3)44-32(41)38-26(31(40)37-23-10-8-7-9-11-23)19-22-12-13-27(25(35)18-22)43-28-14-15-36-30-29(28)24(34)20-39(30)21-42-16-17-45(4,5)6/h12-15,18,20,23,26H,7-11,16-17,19,21H2,1-6H3,(H,37,40)(H,38,41)/t26-/m0/s1. The molecule has 3 aromatic rings. The van der Waals surface area contributed by atoms with Crippen LogP contribution in [0.15, 0.2) is 41.1 Å². The molecule has 45 heavy (non-hydrogen) atoms. The van der Waals surface area contributed by atoms with Gasteiger partial charge in [-0.2, -0.15) is 0 Å². The minimum Gasteiger partial charge on any atom is -0.453 e. The molecule has 2 N–H and O–H groups in total. The number of aromatic nitrogens is 2. The number of alkyl carbamates (subject to hydrolysis) is 1. The van der Waals surface area contributed by atoms with E-state index >= 15 is 4.39 Å². The molecule has 0 radical (unpaired) electrons. The fraction of sp³-hybridized carbons (Fsp3) is 0.545. The molecule has 9 nitrogen and oxygen atoms in total. The molecule has 4 rings (SSSR count). The molecule has 1 aliphatic rings. The van der Waals surface area contributed by atoms with E-state index in [1.807, 2.05) is 10.8 Å². The number of rotatable bonds is 12. The molecular formula is C33H46BrFN4O5S. The second-order valence-corrected chi connectivity index (χ2v) is 18.8. The van der Waals surface area contributed by atoms with Gasteiger partial charge >= 0.3 is 6.09 Å². The number of amides is 2. The van der Waals surface area contributed by atoms with Crippen LogP contribution in [0.1, 0.15) is 58.4 Å². The first-order chi connectivity index (χ1) is 21.2. The van der Waals surface area contributed by atoms with Gasteiger partial charge in [-0.15, -0.1) is 0 Å². The van der Waals surface area contributed by atoms with Crippen molar-refractivity contribution in [1.29, 1.82) is 0 Å². The topological polar surface area (TPSA) is 104 Å². The number of hydrogen-bond acceptors (Lipinski definition) is 6. The van der Waals surface area contributed by atoms with Crippen molar-refractivity contribution in [2.75, 3.05) is 31.1 Å². The van der Waals surface area contributed by atoms with Gasteiger partial charge in [0.1, 0.15) is 29.8 Å². The average Bonchev–Trinajstić information content (AvgIpc) is 3.27. The average molecular weight is 710 g/mol. The molecule has 0 bridgehead atoms. The fourth-order valence-corrected chi connectivity index (χ4v) is 6.35. The van der Waals surface area contributed by atoms with E-state index in [-0.39, 0.29) is 24.1 Å². The Bertz CT molecular complexity index is 1480. The summed E-state index contributed by atoms with van der Waals surface area (Å²) >= 11 is 3.60. The lowest BCUT2D eigenvalue weighted by atomic mass is 9.95. The van der Waals surface area contributed by atoms with Crippen molar-refractivity contribution in [2.24, 2.45) is 0 Å². The second-order valence-electron chi connectivity index (χ2n) is 13.4. The van der Waals surface area contributed by atoms with Crippen molar-refractivity contribution in [3.63, 3.8) is 0 Å². The predicted octanol–water partition coefficient (Wildman–Crippen LogP) is 7.28. The number of ether oxygens (including phenoxy) is 3. The first-order valence-electron chi connectivity index (χ1n) is 15.3. The third kappa shape index (κ3) is 10.6. The van der Waals surface area contributed by atoms with Crippen molar-refractivity contribution in [2.45, 2.75) is 83.7 Å². The van der Waals surface area contributed by atoms with Crippen LogP contribution in [0.3, 0.4) is 0 Å². The Kier molecular flexibility index (Phi) is 11.8. The molecule has 0 unspecified atom stereocenters. The van der Waals surface area contributed by atoms with Crippen LogP contribution in [0.5, 0.6) is 11.5 Å². The number of halogens is 2. The first kappa shape index (κ1) is 35.0. The van der Waals surface area contributed by atoms with Gasteiger partial charge in [0.15, 0.2) is 11.6 Å². The van der Waals surface area contributed by atoms with E-state index < -0.39 is 33.6 Å². The molecule has 0 spiro atoms. The van der Waals surface area contributed by atoms with Gasteiger partial charge in [-0.05, 0) is 92.1 Å². The fourth-order valence-electron chi connectivity index (χ4n) is 5.11. The van der Waals surface area contributed by atoms with Gasteiger partial charge < -0.3 is 29.4 Å². The molecule has 1 saturated carbocycles. The smallest absolute Gasteiger partial charge is 0.408 e. The minimum atomic E-state index is -0.935. The van der Waals surface area contributed by atoms with Crippen LogP contribution in [0.2, 0.25) is 0 Å². The Morgan fingerprint density at radius 3 is 2.53 bits per heavy atom. The van der Waals surface area contributed by atoms with E-state index in [0.717, 1.165) is 42.3 Å². The largest absolute Gasteiger partial charge is 0.453 e. The zero-order valence-electron chi connectivity index (χ0n) is 27.1. The van der Waals surface area contributed by atoms with Gasteiger partial charge in [0.2, 0.25) is 5.91 Å². The van der Waals surface area contributed by atoms with Crippen LogP contribution in [-0.4, -0.2) is 70.4 Å². The lowest BCUT2D eigenvalue weighted by Crippen LogP contribution is -2.51. The minimum absolute atomic E-state index is 0.0265. The zero-order chi connectivity index (χ0) is 32.8. The summed E-state index contributed by atoms with van der Waals surface area (Å²) in [5.41, 5.74) is 0.453. The molecule has 2 heterocycles. The molecule has 1 fully saturated rings. The number of carbonyl (C=O) groups excluding carboxylic acids is 2. The molecule has 1 atom stereocenters. The molecule has 0 aliphatic heterocycles. The van der Waals surface area contributed by atoms with Crippen molar-refractivity contribution >= 4 is 49.0 Å². The van der Waals surface area contributed by atoms with Crippen LogP contribution in [0.4, 0.5) is 9.18 Å². The van der Waals surface area contributed by atoms with E-state index in [4.69, 9.17) is 14.2 Å². The zero-order valence-corrected chi connectivity index (χ0v) is 29.5. The Morgan fingerprint density at radius 1 is 1.13 bits per heavy atom. The highest BCUT2D eigenvalue weighted by molar-refractivity contribution is 9.10. The van der Waals surface area contributed by atoms with E-state index in [1.165, 1.54) is 12.1 Å². The van der Waals surface area contributed by atoms with E-state index in [2.05, 4.69) is 50.3 Å². The van der Waals surface area contributed by atoms with Crippen LogP contribution in [0, 0.1) is 5.82 Å². The predicted molar refractivity (Wildman–Crippen MR) is 182 cm³/mol. The van der Waals surface area contributed by atoms with Crippen LogP contribution in [0.25, 0.3) is 11.0 Å². The maximum absolute atomic E-state index is 15.5. The highest BCUT2D eigenvalue weighted by Gasteiger charge is 2.27. The van der Waals surface area contributed by atoms with Gasteiger partial charge in [0, 0.05) is 35.1 Å². The summed E-state index contributed by atoms with van der Waals surface area (Å²) in [7, 11) is -0.653. The lowest BCUT2D eigenvalue weighted by Gasteiger charge is -2.27. The Balaban J connectivity index is 1.48. The number of benzene rings is 1. The van der Waals surface area contributed by atoms with Crippen LogP contribution >= 0.6 is 26.0 Å². The summed E-state index contributed by atoms with van der Waals surface area (Å²) in [6.07, 6.45) is 14.7. The van der Waals surface area contributed by atoms with Gasteiger partial charge in [-0.25, -0.2) is 24.2 Å². The van der Waals surface area contributed by atoms with Gasteiger partial charge in [-0.1, -0.05) is 25.3 Å². The van der Waals surface area contributed by atoms with Gasteiger partial charge in [0.05, 0.1) is 12.0 Å². The second kappa shape index (κ2) is 15.2. The molecule has 0 saturated heterocycles. The number of nitrogens with zero attached hydrogens (tertiary/aromatic N) is 2. The molecule has 1 aliphatic carbocycles. The summed E-state index contributed by atoms with van der Waals surface area (Å²) in [4.78, 5) is 30.4. The monoisotopic (exact) mass is 708 g/mol. The highest BCUT2D eigenvalue weighted by atomic mass is 79.9. The van der Waals surface area contributed by atoms with Crippen LogP contribution in [-0.2, 0) is 27.4 Å². The van der Waals surface area contributed by atoms with Crippen molar-refractivity contribution < 1.29 is 28.2 Å². The maximum Gasteiger partial charge on any atom is 0.408 e. The third-order valence-corrected chi connectivity index (χ3v) is 9.35. The maximum atomic E-state index is 15.5. The quantitative estimate of drug-likeness (QED) is 0.192. The van der Waals surface area contributed by atoms with Crippen molar-refractivity contribution in [1.82, 2.24) is 20.2 Å². The van der Waals surface area contributed by atoms with E-state index in [1.54, 1.807) is 39.1 Å². The Hall–Kier alpha value is -2.83. The van der Waals surface area contributed by atoms with Crippen molar-refractivity contribution in [3.05, 3.63) is 52.5 Å². The third-order valence-electron chi connectivity index (χ3n) is 7.36. The first-order valence-corrected chi connectivity index (χ1v) is 19.1. The number of fused-ring (bicyclic) bond motifs is 1. The van der Waals surface area contributed by atoms with E-state index in [0.29, 0.717) is 35.7 Å². The highest BCUT2D eigenvalue weighted by Crippen LogP contribution is 2.37.